The van der Waals surface area contributed by atoms with E-state index in [1.165, 1.54) is 37.7 Å². The first-order valence-electron chi connectivity index (χ1n) is 13.3. The Morgan fingerprint density at radius 1 is 1.09 bits per heavy atom. The molecular weight excluding hydrogens is 400 g/mol. The molecule has 4 aliphatic rings. The van der Waals surface area contributed by atoms with Crippen LogP contribution in [0.15, 0.2) is 11.3 Å². The number of ether oxygens (including phenoxy) is 1. The van der Waals surface area contributed by atoms with Crippen LogP contribution in [0.2, 0.25) is 0 Å². The lowest BCUT2D eigenvalue weighted by atomic mass is 9.48. The molecule has 1 aliphatic heterocycles. The quantitative estimate of drug-likeness (QED) is 0.470. The van der Waals surface area contributed by atoms with Gasteiger partial charge in [-0.1, -0.05) is 53.9 Å². The molecule has 7 atom stereocenters. The maximum atomic E-state index is 13.6. The number of aliphatic hydroxyl groups is 2. The summed E-state index contributed by atoms with van der Waals surface area (Å²) in [5.74, 6) is 3.31. The SMILES string of the molecule is CC(C)CCC[C@@H](C)[C@H]1CC[C@H]2C3=C(CC[C@]12C)[C@@]1(C)CC[C@H](O)CC1(CCO)C(=O)O3. The summed E-state index contributed by atoms with van der Waals surface area (Å²) in [7, 11) is 0. The van der Waals surface area contributed by atoms with E-state index in [0.29, 0.717) is 30.6 Å². The van der Waals surface area contributed by atoms with Crippen molar-refractivity contribution < 1.29 is 19.7 Å². The molecule has 0 bridgehead atoms. The van der Waals surface area contributed by atoms with Gasteiger partial charge in [-0.25, -0.2) is 0 Å². The molecule has 4 rings (SSSR count). The third-order valence-corrected chi connectivity index (χ3v) is 10.5. The van der Waals surface area contributed by atoms with E-state index >= 15 is 0 Å². The van der Waals surface area contributed by atoms with E-state index in [9.17, 15) is 15.0 Å². The van der Waals surface area contributed by atoms with Crippen molar-refractivity contribution in [3.63, 3.8) is 0 Å². The van der Waals surface area contributed by atoms with Crippen LogP contribution in [0.4, 0.5) is 0 Å². The summed E-state index contributed by atoms with van der Waals surface area (Å²) in [4.78, 5) is 13.6. The van der Waals surface area contributed by atoms with E-state index in [1.54, 1.807) is 0 Å². The van der Waals surface area contributed by atoms with Crippen molar-refractivity contribution in [1.82, 2.24) is 0 Å². The van der Waals surface area contributed by atoms with Crippen molar-refractivity contribution in [2.45, 2.75) is 111 Å². The molecule has 0 aromatic heterocycles. The molecule has 0 aromatic carbocycles. The molecule has 0 spiro atoms. The summed E-state index contributed by atoms with van der Waals surface area (Å²) in [5, 5.41) is 20.3. The highest BCUT2D eigenvalue weighted by Crippen LogP contribution is 2.68. The maximum Gasteiger partial charge on any atom is 0.318 e. The Kier molecular flexibility index (Phi) is 6.62. The number of hydrogen-bond acceptors (Lipinski definition) is 4. The van der Waals surface area contributed by atoms with Crippen LogP contribution in [0.5, 0.6) is 0 Å². The van der Waals surface area contributed by atoms with Crippen molar-refractivity contribution in [3.8, 4) is 0 Å². The summed E-state index contributed by atoms with van der Waals surface area (Å²) in [6.45, 7) is 11.7. The van der Waals surface area contributed by atoms with Gasteiger partial charge in [0.2, 0.25) is 0 Å². The Hall–Kier alpha value is -0.870. The van der Waals surface area contributed by atoms with E-state index in [1.807, 2.05) is 0 Å². The first kappa shape index (κ1) is 24.3. The van der Waals surface area contributed by atoms with E-state index in [0.717, 1.165) is 37.4 Å². The monoisotopic (exact) mass is 446 g/mol. The lowest BCUT2D eigenvalue weighted by Gasteiger charge is -2.58. The predicted octanol–water partition coefficient (Wildman–Crippen LogP) is 6.01. The van der Waals surface area contributed by atoms with Gasteiger partial charge in [-0.15, -0.1) is 0 Å². The van der Waals surface area contributed by atoms with Crippen molar-refractivity contribution >= 4 is 5.97 Å². The predicted molar refractivity (Wildman–Crippen MR) is 127 cm³/mol. The highest BCUT2D eigenvalue weighted by atomic mass is 16.5. The molecule has 32 heavy (non-hydrogen) atoms. The van der Waals surface area contributed by atoms with Crippen molar-refractivity contribution in [1.29, 1.82) is 0 Å². The Labute approximate surface area is 195 Å². The van der Waals surface area contributed by atoms with Gasteiger partial charge in [0, 0.05) is 17.9 Å². The molecule has 0 radical (unpaired) electrons. The number of rotatable bonds is 7. The molecular formula is C28H46O4. The van der Waals surface area contributed by atoms with Crippen LogP contribution in [-0.4, -0.2) is 28.9 Å². The Morgan fingerprint density at radius 3 is 2.53 bits per heavy atom. The van der Waals surface area contributed by atoms with E-state index in [2.05, 4.69) is 34.6 Å². The maximum absolute atomic E-state index is 13.6. The van der Waals surface area contributed by atoms with Gasteiger partial charge in [-0.05, 0) is 80.1 Å². The number of aliphatic hydroxyl groups excluding tert-OH is 2. The second-order valence-corrected chi connectivity index (χ2v) is 12.6. The number of hydrogen-bond donors (Lipinski definition) is 2. The van der Waals surface area contributed by atoms with Crippen molar-refractivity contribution in [2.75, 3.05) is 6.61 Å². The number of esters is 1. The molecule has 2 saturated carbocycles. The molecule has 1 heterocycles. The summed E-state index contributed by atoms with van der Waals surface area (Å²) >= 11 is 0. The first-order chi connectivity index (χ1) is 15.1. The fraction of sp³-hybridized carbons (Fsp3) is 0.893. The normalized spacial score (nSPS) is 42.4. The lowest BCUT2D eigenvalue weighted by Crippen LogP contribution is -2.58. The molecule has 182 valence electrons. The molecule has 1 unspecified atom stereocenters. The van der Waals surface area contributed by atoms with Gasteiger partial charge in [0.1, 0.15) is 5.76 Å². The highest BCUT2D eigenvalue weighted by molar-refractivity contribution is 5.82. The van der Waals surface area contributed by atoms with Crippen LogP contribution < -0.4 is 0 Å². The summed E-state index contributed by atoms with van der Waals surface area (Å²) in [6, 6.07) is 0. The Balaban J connectivity index is 1.63. The zero-order valence-corrected chi connectivity index (χ0v) is 21.1. The van der Waals surface area contributed by atoms with Crippen LogP contribution in [0, 0.1) is 39.9 Å². The average molecular weight is 447 g/mol. The van der Waals surface area contributed by atoms with E-state index in [4.69, 9.17) is 4.74 Å². The minimum absolute atomic E-state index is 0.0445. The van der Waals surface area contributed by atoms with Crippen LogP contribution in [0.3, 0.4) is 0 Å². The number of allylic oxidation sites excluding steroid dienone is 2. The van der Waals surface area contributed by atoms with Crippen molar-refractivity contribution in [2.24, 2.45) is 39.9 Å². The molecule has 4 nitrogen and oxygen atoms in total. The average Bonchev–Trinajstić information content (AvgIpc) is 3.07. The lowest BCUT2D eigenvalue weighted by molar-refractivity contribution is -0.179. The minimum Gasteiger partial charge on any atom is -0.430 e. The topological polar surface area (TPSA) is 66.8 Å². The first-order valence-corrected chi connectivity index (χ1v) is 13.3. The Bertz CT molecular complexity index is 757. The number of carbonyl (C=O) groups is 1. The summed E-state index contributed by atoms with van der Waals surface area (Å²) in [6.07, 6.45) is 10.3. The van der Waals surface area contributed by atoms with Crippen LogP contribution in [0.1, 0.15) is 105 Å². The third-order valence-electron chi connectivity index (χ3n) is 10.5. The standard InChI is InChI=1S/C28H46O4/c1-18(2)7-6-8-19(3)21-9-10-22-24-23(12-13-26(21,22)4)27(5)14-11-20(30)17-28(27,15-16-29)25(31)32-24/h18-22,29-30H,6-17H2,1-5H3/t19-,20+,21-,22+,26-,27-,28?/m1/s1. The smallest absolute Gasteiger partial charge is 0.318 e. The van der Waals surface area contributed by atoms with Gasteiger partial charge in [0.15, 0.2) is 0 Å². The Morgan fingerprint density at radius 2 is 1.84 bits per heavy atom. The van der Waals surface area contributed by atoms with Gasteiger partial charge in [-0.3, -0.25) is 4.79 Å². The van der Waals surface area contributed by atoms with Gasteiger partial charge >= 0.3 is 5.97 Å². The molecule has 0 saturated heterocycles. The summed E-state index contributed by atoms with van der Waals surface area (Å²) in [5.41, 5.74) is 0.460. The fourth-order valence-electron chi connectivity index (χ4n) is 8.49. The minimum atomic E-state index is -0.784. The van der Waals surface area contributed by atoms with Gasteiger partial charge in [0.25, 0.3) is 0 Å². The second-order valence-electron chi connectivity index (χ2n) is 12.6. The van der Waals surface area contributed by atoms with Crippen LogP contribution >= 0.6 is 0 Å². The van der Waals surface area contributed by atoms with E-state index < -0.39 is 11.5 Å². The third kappa shape index (κ3) is 3.59. The molecule has 0 amide bonds. The summed E-state index contributed by atoms with van der Waals surface area (Å²) < 4.78 is 6.27. The zero-order valence-electron chi connectivity index (χ0n) is 21.1. The zero-order chi connectivity index (χ0) is 23.3. The van der Waals surface area contributed by atoms with E-state index in [-0.39, 0.29) is 23.4 Å². The number of fused-ring (bicyclic) bond motifs is 4. The van der Waals surface area contributed by atoms with Gasteiger partial charge in [-0.2, -0.15) is 0 Å². The largest absolute Gasteiger partial charge is 0.430 e. The molecule has 2 fully saturated rings. The van der Waals surface area contributed by atoms with Crippen LogP contribution in [-0.2, 0) is 9.53 Å². The van der Waals surface area contributed by atoms with Crippen LogP contribution in [0.25, 0.3) is 0 Å². The molecule has 0 aromatic rings. The highest BCUT2D eigenvalue weighted by Gasteiger charge is 2.65. The molecule has 2 N–H and O–H groups in total. The second kappa shape index (κ2) is 8.73. The molecule has 4 heteroatoms. The number of carbonyl (C=O) groups excluding carboxylic acids is 1. The van der Waals surface area contributed by atoms with Gasteiger partial charge < -0.3 is 14.9 Å². The molecule has 3 aliphatic carbocycles. The van der Waals surface area contributed by atoms with Crippen molar-refractivity contribution in [3.05, 3.63) is 11.3 Å². The fourth-order valence-corrected chi connectivity index (χ4v) is 8.49. The van der Waals surface area contributed by atoms with Gasteiger partial charge in [0.05, 0.1) is 11.5 Å².